The minimum atomic E-state index is -0.297. The number of methoxy groups -OCH3 is 1. The Morgan fingerprint density at radius 3 is 3.00 bits per heavy atom. The Bertz CT molecular complexity index is 775. The zero-order chi connectivity index (χ0) is 17.4. The summed E-state index contributed by atoms with van der Waals surface area (Å²) in [5, 5.41) is 7.95. The number of hydrogen-bond acceptors (Lipinski definition) is 6. The fraction of sp³-hybridized carbons (Fsp3) is 0.500. The van der Waals surface area contributed by atoms with E-state index in [1.807, 2.05) is 23.1 Å². The van der Waals surface area contributed by atoms with Crippen molar-refractivity contribution in [3.63, 3.8) is 0 Å². The summed E-state index contributed by atoms with van der Waals surface area (Å²) >= 11 is 0. The highest BCUT2D eigenvalue weighted by molar-refractivity contribution is 5.83. The van der Waals surface area contributed by atoms with Gasteiger partial charge in [0.15, 0.2) is 0 Å². The molecule has 0 radical (unpaired) electrons. The first-order chi connectivity index (χ1) is 12.2. The van der Waals surface area contributed by atoms with E-state index < -0.39 is 0 Å². The molecule has 4 rings (SSSR count). The van der Waals surface area contributed by atoms with Gasteiger partial charge in [0.2, 0.25) is 17.7 Å². The van der Waals surface area contributed by atoms with Crippen LogP contribution in [0, 0.1) is 12.8 Å². The van der Waals surface area contributed by atoms with Crippen LogP contribution >= 0.6 is 0 Å². The minimum absolute atomic E-state index is 0.00303. The van der Waals surface area contributed by atoms with E-state index in [9.17, 15) is 4.79 Å². The lowest BCUT2D eigenvalue weighted by atomic mass is 10.1. The molecule has 2 heterocycles. The number of carbonyl (C=O) groups excluding carboxylic acids is 1. The van der Waals surface area contributed by atoms with Crippen LogP contribution < -0.4 is 4.74 Å². The van der Waals surface area contributed by atoms with E-state index in [0.717, 1.165) is 17.7 Å². The molecule has 1 saturated carbocycles. The molecule has 0 spiro atoms. The summed E-state index contributed by atoms with van der Waals surface area (Å²) in [4.78, 5) is 14.9. The minimum Gasteiger partial charge on any atom is -0.497 e. The van der Waals surface area contributed by atoms with Crippen LogP contribution in [0.3, 0.4) is 0 Å². The number of carbonyl (C=O) groups is 1. The van der Waals surface area contributed by atoms with Gasteiger partial charge in [-0.25, -0.2) is 0 Å². The van der Waals surface area contributed by atoms with Gasteiger partial charge in [0.05, 0.1) is 20.3 Å². The molecule has 0 bridgehead atoms. The van der Waals surface area contributed by atoms with Crippen molar-refractivity contribution in [3.8, 4) is 5.75 Å². The van der Waals surface area contributed by atoms with Gasteiger partial charge in [0.1, 0.15) is 11.8 Å². The first kappa shape index (κ1) is 16.1. The predicted molar refractivity (Wildman–Crippen MR) is 88.2 cm³/mol. The van der Waals surface area contributed by atoms with E-state index in [1.54, 1.807) is 14.0 Å². The van der Waals surface area contributed by atoms with Crippen LogP contribution in [0.15, 0.2) is 28.7 Å². The summed E-state index contributed by atoms with van der Waals surface area (Å²) < 4.78 is 16.3. The molecule has 1 saturated heterocycles. The molecule has 25 heavy (non-hydrogen) atoms. The monoisotopic (exact) mass is 343 g/mol. The van der Waals surface area contributed by atoms with Crippen molar-refractivity contribution in [1.29, 1.82) is 0 Å². The van der Waals surface area contributed by atoms with Crippen LogP contribution in [0.2, 0.25) is 0 Å². The first-order valence-electron chi connectivity index (χ1n) is 8.49. The maximum Gasteiger partial charge on any atom is 0.241 e. The standard InChI is InChI=1S/C18H21N3O4/c1-11-19-20-17(25-11)16-10-24-7-6-21(16)18(22)15-9-14(15)12-4-3-5-13(8-12)23-2/h3-5,8,14-16H,6-7,9-10H2,1-2H3/t14-,15+,16-/m0/s1. The van der Waals surface area contributed by atoms with Crippen LogP contribution in [-0.4, -0.2) is 47.9 Å². The molecule has 2 aromatic rings. The van der Waals surface area contributed by atoms with Crippen molar-refractivity contribution in [2.24, 2.45) is 5.92 Å². The lowest BCUT2D eigenvalue weighted by molar-refractivity contribution is -0.142. The summed E-state index contributed by atoms with van der Waals surface area (Å²) in [6.45, 7) is 3.22. The van der Waals surface area contributed by atoms with Gasteiger partial charge in [0.25, 0.3) is 0 Å². The number of aryl methyl sites for hydroxylation is 1. The Morgan fingerprint density at radius 1 is 1.36 bits per heavy atom. The van der Waals surface area contributed by atoms with Gasteiger partial charge >= 0.3 is 0 Å². The number of amides is 1. The van der Waals surface area contributed by atoms with Crippen LogP contribution in [0.5, 0.6) is 5.75 Å². The second-order valence-corrected chi connectivity index (χ2v) is 6.51. The maximum atomic E-state index is 13.0. The van der Waals surface area contributed by atoms with Crippen molar-refractivity contribution < 1.29 is 18.7 Å². The lowest BCUT2D eigenvalue weighted by Gasteiger charge is -2.33. The van der Waals surface area contributed by atoms with Crippen LogP contribution in [0.25, 0.3) is 0 Å². The summed E-state index contributed by atoms with van der Waals surface area (Å²) in [6, 6.07) is 7.65. The van der Waals surface area contributed by atoms with Gasteiger partial charge in [-0.05, 0) is 30.0 Å². The molecular weight excluding hydrogens is 322 g/mol. The number of morpholine rings is 1. The van der Waals surface area contributed by atoms with Crippen molar-refractivity contribution in [2.45, 2.75) is 25.3 Å². The van der Waals surface area contributed by atoms with Gasteiger partial charge < -0.3 is 18.8 Å². The molecule has 1 aromatic carbocycles. The van der Waals surface area contributed by atoms with E-state index in [4.69, 9.17) is 13.9 Å². The molecule has 1 aliphatic heterocycles. The van der Waals surface area contributed by atoms with Crippen molar-refractivity contribution >= 4 is 5.91 Å². The van der Waals surface area contributed by atoms with E-state index >= 15 is 0 Å². The zero-order valence-corrected chi connectivity index (χ0v) is 14.3. The molecule has 3 atom stereocenters. The Kier molecular flexibility index (Phi) is 4.17. The number of hydrogen-bond donors (Lipinski definition) is 0. The molecule has 2 aliphatic rings. The Hall–Kier alpha value is -2.41. The summed E-state index contributed by atoms with van der Waals surface area (Å²) in [7, 11) is 1.65. The highest BCUT2D eigenvalue weighted by Gasteiger charge is 2.48. The molecule has 7 nitrogen and oxygen atoms in total. The maximum absolute atomic E-state index is 13.0. The molecule has 1 aliphatic carbocycles. The molecule has 0 N–H and O–H groups in total. The highest BCUT2D eigenvalue weighted by atomic mass is 16.5. The number of aromatic nitrogens is 2. The third kappa shape index (κ3) is 3.11. The third-order valence-electron chi connectivity index (χ3n) is 4.87. The van der Waals surface area contributed by atoms with Crippen molar-refractivity contribution in [2.75, 3.05) is 26.9 Å². The zero-order valence-electron chi connectivity index (χ0n) is 14.3. The highest BCUT2D eigenvalue weighted by Crippen LogP contribution is 2.49. The van der Waals surface area contributed by atoms with E-state index in [-0.39, 0.29) is 23.8 Å². The smallest absolute Gasteiger partial charge is 0.241 e. The van der Waals surface area contributed by atoms with E-state index in [2.05, 4.69) is 16.3 Å². The lowest BCUT2D eigenvalue weighted by Crippen LogP contribution is -2.44. The van der Waals surface area contributed by atoms with Gasteiger partial charge in [-0.2, -0.15) is 0 Å². The second kappa shape index (κ2) is 6.48. The van der Waals surface area contributed by atoms with Gasteiger partial charge in [-0.15, -0.1) is 10.2 Å². The molecule has 7 heteroatoms. The van der Waals surface area contributed by atoms with Gasteiger partial charge in [-0.1, -0.05) is 12.1 Å². The average molecular weight is 343 g/mol. The molecular formula is C18H21N3O4. The Morgan fingerprint density at radius 2 is 2.24 bits per heavy atom. The average Bonchev–Trinajstić information content (AvgIpc) is 3.35. The van der Waals surface area contributed by atoms with Crippen LogP contribution in [0.4, 0.5) is 0 Å². The van der Waals surface area contributed by atoms with Gasteiger partial charge in [0, 0.05) is 19.4 Å². The van der Waals surface area contributed by atoms with Gasteiger partial charge in [-0.3, -0.25) is 4.79 Å². The summed E-state index contributed by atoms with van der Waals surface area (Å²) in [6.07, 6.45) is 0.860. The third-order valence-corrected chi connectivity index (χ3v) is 4.87. The number of benzene rings is 1. The molecule has 2 fully saturated rings. The van der Waals surface area contributed by atoms with Crippen molar-refractivity contribution in [3.05, 3.63) is 41.6 Å². The van der Waals surface area contributed by atoms with E-state index in [0.29, 0.717) is 31.5 Å². The summed E-state index contributed by atoms with van der Waals surface area (Å²) in [5.41, 5.74) is 1.15. The number of nitrogens with zero attached hydrogens (tertiary/aromatic N) is 3. The molecule has 1 amide bonds. The molecule has 0 unspecified atom stereocenters. The number of ether oxygens (including phenoxy) is 2. The molecule has 132 valence electrons. The normalized spacial score (nSPS) is 25.7. The summed E-state index contributed by atoms with van der Waals surface area (Å²) in [5.74, 6) is 2.14. The van der Waals surface area contributed by atoms with Crippen molar-refractivity contribution in [1.82, 2.24) is 15.1 Å². The van der Waals surface area contributed by atoms with Crippen LogP contribution in [0.1, 0.15) is 35.7 Å². The number of rotatable bonds is 4. The van der Waals surface area contributed by atoms with E-state index in [1.165, 1.54) is 0 Å². The largest absolute Gasteiger partial charge is 0.497 e. The predicted octanol–water partition coefficient (Wildman–Crippen LogP) is 2.09. The fourth-order valence-electron chi connectivity index (χ4n) is 3.44. The fourth-order valence-corrected chi connectivity index (χ4v) is 3.44. The second-order valence-electron chi connectivity index (χ2n) is 6.51. The quantitative estimate of drug-likeness (QED) is 0.846. The Balaban J connectivity index is 1.50. The molecule has 1 aromatic heterocycles. The first-order valence-corrected chi connectivity index (χ1v) is 8.49. The SMILES string of the molecule is COc1cccc([C@@H]2C[C@H]2C(=O)N2CCOC[C@H]2c2nnc(C)o2)c1. The topological polar surface area (TPSA) is 77.7 Å². The van der Waals surface area contributed by atoms with Crippen LogP contribution in [-0.2, 0) is 9.53 Å². The Labute approximate surface area is 145 Å².